The largest absolute Gasteiger partial charge is 0.417 e. The van der Waals surface area contributed by atoms with Crippen LogP contribution in [-0.4, -0.2) is 30.5 Å². The van der Waals surface area contributed by atoms with E-state index in [4.69, 9.17) is 11.6 Å². The van der Waals surface area contributed by atoms with Crippen LogP contribution in [0.2, 0.25) is 5.02 Å². The van der Waals surface area contributed by atoms with Crippen molar-refractivity contribution in [3.8, 4) is 0 Å². The van der Waals surface area contributed by atoms with E-state index in [0.29, 0.717) is 22.6 Å². The highest BCUT2D eigenvalue weighted by molar-refractivity contribution is 6.31. The number of aryl methyl sites for hydroxylation is 3. The molecule has 1 aromatic carbocycles. The maximum absolute atomic E-state index is 13.5. The van der Waals surface area contributed by atoms with Gasteiger partial charge in [0.05, 0.1) is 40.3 Å². The van der Waals surface area contributed by atoms with Gasteiger partial charge in [0.15, 0.2) is 5.65 Å². The third-order valence-electron chi connectivity index (χ3n) is 5.59. The summed E-state index contributed by atoms with van der Waals surface area (Å²) in [5, 5.41) is 11.4. The Morgan fingerprint density at radius 1 is 1.06 bits per heavy atom. The lowest BCUT2D eigenvalue weighted by atomic mass is 10.1. The highest BCUT2D eigenvalue weighted by Gasteiger charge is 2.35. The zero-order chi connectivity index (χ0) is 25.7. The molecule has 0 saturated heterocycles. The maximum atomic E-state index is 13.5. The van der Waals surface area contributed by atoms with Gasteiger partial charge in [0.25, 0.3) is 0 Å². The molecule has 0 aliphatic carbocycles. The van der Waals surface area contributed by atoms with Crippen LogP contribution in [-0.2, 0) is 24.1 Å². The van der Waals surface area contributed by atoms with Gasteiger partial charge in [0.2, 0.25) is 5.91 Å². The van der Waals surface area contributed by atoms with E-state index in [1.807, 2.05) is 0 Å². The van der Waals surface area contributed by atoms with Gasteiger partial charge in [-0.2, -0.15) is 23.4 Å². The van der Waals surface area contributed by atoms with Crippen LogP contribution in [0, 0.1) is 33.5 Å². The smallest absolute Gasteiger partial charge is 0.321 e. The van der Waals surface area contributed by atoms with E-state index in [0.717, 1.165) is 10.7 Å². The first-order chi connectivity index (χ1) is 16.3. The van der Waals surface area contributed by atoms with Gasteiger partial charge in [-0.25, -0.2) is 14.1 Å². The number of nitrogens with one attached hydrogen (secondary N) is 1. The fourth-order valence-electron chi connectivity index (χ4n) is 3.97. The fraction of sp³-hybridized carbons (Fsp3) is 0.304. The van der Waals surface area contributed by atoms with Crippen molar-refractivity contribution >= 4 is 34.2 Å². The summed E-state index contributed by atoms with van der Waals surface area (Å²) < 4.78 is 56.8. The molecular formula is C23H21ClF4N6O. The van der Waals surface area contributed by atoms with Crippen molar-refractivity contribution in [2.75, 3.05) is 5.32 Å². The standard InChI is InChI=1S/C23H21ClF4N6O/c1-11-7-17(23(26,27)28)20-12(2)31-34(22(20)29-11)10-19(35)30-21-13(3)32-33(14(21)4)9-15-5-6-16(25)8-18(15)24/h5-8H,9-10H2,1-4H3,(H,30,35). The second-order valence-electron chi connectivity index (χ2n) is 8.24. The molecule has 0 aliphatic heterocycles. The Morgan fingerprint density at radius 3 is 2.40 bits per heavy atom. The second-order valence-corrected chi connectivity index (χ2v) is 8.65. The number of amides is 1. The molecule has 0 unspecified atom stereocenters. The highest BCUT2D eigenvalue weighted by atomic mass is 35.5. The molecule has 12 heteroatoms. The molecule has 4 rings (SSSR count). The summed E-state index contributed by atoms with van der Waals surface area (Å²) in [5.74, 6) is -0.953. The van der Waals surface area contributed by atoms with Crippen molar-refractivity contribution < 1.29 is 22.4 Å². The van der Waals surface area contributed by atoms with Crippen LogP contribution in [0.4, 0.5) is 23.2 Å². The highest BCUT2D eigenvalue weighted by Crippen LogP contribution is 2.36. The van der Waals surface area contributed by atoms with Crippen LogP contribution >= 0.6 is 11.6 Å². The molecule has 1 amide bonds. The van der Waals surface area contributed by atoms with E-state index in [9.17, 15) is 22.4 Å². The number of aromatic nitrogens is 5. The van der Waals surface area contributed by atoms with E-state index in [-0.39, 0.29) is 40.5 Å². The van der Waals surface area contributed by atoms with E-state index >= 15 is 0 Å². The molecule has 0 bridgehead atoms. The normalized spacial score (nSPS) is 11.9. The summed E-state index contributed by atoms with van der Waals surface area (Å²) in [7, 11) is 0. The van der Waals surface area contributed by atoms with Gasteiger partial charge >= 0.3 is 6.18 Å². The van der Waals surface area contributed by atoms with E-state index in [2.05, 4.69) is 20.5 Å². The zero-order valence-electron chi connectivity index (χ0n) is 19.3. The van der Waals surface area contributed by atoms with Gasteiger partial charge in [-0.1, -0.05) is 17.7 Å². The molecule has 0 radical (unpaired) electrons. The molecule has 0 saturated carbocycles. The van der Waals surface area contributed by atoms with Gasteiger partial charge in [-0.3, -0.25) is 9.48 Å². The molecule has 7 nitrogen and oxygen atoms in total. The molecule has 3 heterocycles. The number of anilines is 1. The SMILES string of the molecule is Cc1cc(C(F)(F)F)c2c(C)nn(CC(=O)Nc3c(C)nn(Cc4ccc(F)cc4Cl)c3C)c2n1. The van der Waals surface area contributed by atoms with Crippen molar-refractivity contribution in [2.24, 2.45) is 0 Å². The molecule has 0 spiro atoms. The van der Waals surface area contributed by atoms with Crippen LogP contribution < -0.4 is 5.32 Å². The van der Waals surface area contributed by atoms with Crippen LogP contribution in [0.25, 0.3) is 11.0 Å². The lowest BCUT2D eigenvalue weighted by Crippen LogP contribution is -2.20. The van der Waals surface area contributed by atoms with Gasteiger partial charge in [-0.15, -0.1) is 0 Å². The van der Waals surface area contributed by atoms with Crippen molar-refractivity contribution in [3.63, 3.8) is 0 Å². The molecule has 0 fully saturated rings. The Balaban J connectivity index is 1.59. The van der Waals surface area contributed by atoms with Crippen LogP contribution in [0.3, 0.4) is 0 Å². The van der Waals surface area contributed by atoms with Crippen LogP contribution in [0.1, 0.15) is 33.9 Å². The Hall–Kier alpha value is -3.47. The topological polar surface area (TPSA) is 77.6 Å². The number of hydrogen-bond donors (Lipinski definition) is 1. The predicted octanol–water partition coefficient (Wildman–Crippen LogP) is 5.36. The quantitative estimate of drug-likeness (QED) is 0.368. The van der Waals surface area contributed by atoms with Crippen molar-refractivity contribution in [1.29, 1.82) is 0 Å². The monoisotopic (exact) mass is 508 g/mol. The zero-order valence-corrected chi connectivity index (χ0v) is 20.0. The van der Waals surface area contributed by atoms with E-state index in [1.54, 1.807) is 24.6 Å². The number of alkyl halides is 3. The third-order valence-corrected chi connectivity index (χ3v) is 5.94. The number of fused-ring (bicyclic) bond motifs is 1. The summed E-state index contributed by atoms with van der Waals surface area (Å²) in [5.41, 5.74) is 1.72. The molecule has 3 aromatic heterocycles. The van der Waals surface area contributed by atoms with Gasteiger partial charge in [-0.05, 0) is 51.5 Å². The number of carbonyl (C=O) groups excluding carboxylic acids is 1. The average molecular weight is 509 g/mol. The second kappa shape index (κ2) is 8.95. The number of nitrogens with zero attached hydrogens (tertiary/aromatic N) is 5. The van der Waals surface area contributed by atoms with Gasteiger partial charge in [0.1, 0.15) is 12.4 Å². The van der Waals surface area contributed by atoms with E-state index in [1.165, 1.54) is 26.0 Å². The van der Waals surface area contributed by atoms with Crippen molar-refractivity contribution in [1.82, 2.24) is 24.5 Å². The molecule has 1 N–H and O–H groups in total. The summed E-state index contributed by atoms with van der Waals surface area (Å²) >= 11 is 6.12. The molecule has 4 aromatic rings. The minimum absolute atomic E-state index is 0.0138. The Morgan fingerprint density at radius 2 is 1.74 bits per heavy atom. The minimum atomic E-state index is -4.58. The molecule has 184 valence electrons. The molecule has 0 atom stereocenters. The number of benzene rings is 1. The number of halogens is 5. The lowest BCUT2D eigenvalue weighted by molar-refractivity contribution is -0.136. The van der Waals surface area contributed by atoms with Crippen LogP contribution in [0.5, 0.6) is 0 Å². The maximum Gasteiger partial charge on any atom is 0.417 e. The number of pyridine rings is 1. The Bertz CT molecular complexity index is 1460. The molecule has 0 aliphatic rings. The number of rotatable bonds is 5. The van der Waals surface area contributed by atoms with Gasteiger partial charge < -0.3 is 5.32 Å². The predicted molar refractivity (Wildman–Crippen MR) is 123 cm³/mol. The third kappa shape index (κ3) is 4.86. The van der Waals surface area contributed by atoms with Gasteiger partial charge in [0, 0.05) is 10.7 Å². The van der Waals surface area contributed by atoms with E-state index < -0.39 is 23.5 Å². The van der Waals surface area contributed by atoms with Crippen molar-refractivity contribution in [2.45, 2.75) is 47.0 Å². The summed E-state index contributed by atoms with van der Waals surface area (Å²) in [6.07, 6.45) is -4.58. The summed E-state index contributed by atoms with van der Waals surface area (Å²) in [6.45, 7) is 6.28. The summed E-state index contributed by atoms with van der Waals surface area (Å²) in [4.78, 5) is 17.0. The molecule has 35 heavy (non-hydrogen) atoms. The van der Waals surface area contributed by atoms with Crippen molar-refractivity contribution in [3.05, 3.63) is 69.0 Å². The average Bonchev–Trinajstić information content (AvgIpc) is 3.19. The Kier molecular flexibility index (Phi) is 6.31. The number of hydrogen-bond acceptors (Lipinski definition) is 4. The summed E-state index contributed by atoms with van der Waals surface area (Å²) in [6, 6.07) is 5.03. The molecular weight excluding hydrogens is 488 g/mol. The minimum Gasteiger partial charge on any atom is -0.321 e. The fourth-order valence-corrected chi connectivity index (χ4v) is 4.20. The van der Waals surface area contributed by atoms with Crippen LogP contribution in [0.15, 0.2) is 24.3 Å². The first-order valence-electron chi connectivity index (χ1n) is 10.5. The number of carbonyl (C=O) groups is 1. The first kappa shape index (κ1) is 24.6. The Labute approximate surface area is 202 Å². The lowest BCUT2D eigenvalue weighted by Gasteiger charge is -2.10. The first-order valence-corrected chi connectivity index (χ1v) is 10.9.